The van der Waals surface area contributed by atoms with Gasteiger partial charge in [0.2, 0.25) is 6.29 Å². The topological polar surface area (TPSA) is 62.1 Å². The molecule has 2 N–H and O–H groups in total. The van der Waals surface area contributed by atoms with E-state index >= 15 is 0 Å². The van der Waals surface area contributed by atoms with Crippen LogP contribution in [0.2, 0.25) is 0 Å². The number of rotatable bonds is 0. The van der Waals surface area contributed by atoms with Crippen LogP contribution in [0.4, 0.5) is 0 Å². The fourth-order valence-corrected chi connectivity index (χ4v) is 7.72. The lowest BCUT2D eigenvalue weighted by atomic mass is 9.45. The van der Waals surface area contributed by atoms with E-state index in [1.54, 1.807) is 0 Å². The first-order chi connectivity index (χ1) is 11.4. The fraction of sp³-hybridized carbons (Fsp3) is 0.950. The van der Waals surface area contributed by atoms with Crippen LogP contribution >= 0.6 is 0 Å². The summed E-state index contributed by atoms with van der Waals surface area (Å²) in [6.07, 6.45) is 8.52. The van der Waals surface area contributed by atoms with Gasteiger partial charge in [-0.2, -0.15) is 0 Å². The summed E-state index contributed by atoms with van der Waals surface area (Å²) in [7, 11) is 0. The van der Waals surface area contributed by atoms with Crippen molar-refractivity contribution in [3.63, 3.8) is 0 Å². The Kier molecular flexibility index (Phi) is 3.24. The van der Waals surface area contributed by atoms with Gasteiger partial charge >= 0.3 is 0 Å². The first-order valence-corrected chi connectivity index (χ1v) is 10.0. The van der Waals surface area contributed by atoms with Crippen molar-refractivity contribution in [1.29, 1.82) is 0 Å². The van der Waals surface area contributed by atoms with E-state index in [-0.39, 0.29) is 17.4 Å². The van der Waals surface area contributed by atoms with Crippen LogP contribution in [-0.4, -0.2) is 28.3 Å². The van der Waals surface area contributed by atoms with E-state index in [2.05, 4.69) is 19.0 Å². The summed E-state index contributed by atoms with van der Waals surface area (Å²) >= 11 is 0. The Morgan fingerprint density at radius 3 is 2.67 bits per heavy atom. The Morgan fingerprint density at radius 1 is 1.00 bits per heavy atom. The SMILES string of the molecule is C[C@]12CC[C@@H](O)C[C@@H]1CC[C@@H]1[C@@H]2CC[C@]2(C)C3=NO[C@H](O)[C@@H]3C[C@@H]12. The smallest absolute Gasteiger partial charge is 0.232 e. The molecule has 5 rings (SSSR count). The molecule has 4 nitrogen and oxygen atoms in total. The highest BCUT2D eigenvalue weighted by molar-refractivity contribution is 5.95. The summed E-state index contributed by atoms with van der Waals surface area (Å²) in [4.78, 5) is 5.20. The van der Waals surface area contributed by atoms with Crippen LogP contribution < -0.4 is 0 Å². The lowest BCUT2D eigenvalue weighted by molar-refractivity contribution is -0.127. The lowest BCUT2D eigenvalue weighted by Gasteiger charge is -2.60. The minimum atomic E-state index is -0.711. The van der Waals surface area contributed by atoms with Crippen molar-refractivity contribution in [3.05, 3.63) is 0 Å². The number of hydrogen-bond donors (Lipinski definition) is 2. The normalized spacial score (nSPS) is 58.8. The summed E-state index contributed by atoms with van der Waals surface area (Å²) in [5.74, 6) is 3.06. The highest BCUT2D eigenvalue weighted by Crippen LogP contribution is 2.67. The van der Waals surface area contributed by atoms with Gasteiger partial charge in [0.1, 0.15) is 0 Å². The molecule has 0 aromatic carbocycles. The van der Waals surface area contributed by atoms with Crippen molar-refractivity contribution in [1.82, 2.24) is 0 Å². The van der Waals surface area contributed by atoms with Gasteiger partial charge in [0.15, 0.2) is 0 Å². The third-order valence-electron chi connectivity index (χ3n) is 9.08. The zero-order valence-corrected chi connectivity index (χ0v) is 14.9. The molecule has 0 aromatic rings. The number of hydrogen-bond acceptors (Lipinski definition) is 4. The molecule has 4 saturated carbocycles. The van der Waals surface area contributed by atoms with Crippen LogP contribution in [0.1, 0.15) is 65.2 Å². The average Bonchev–Trinajstić information content (AvgIpc) is 3.06. The van der Waals surface area contributed by atoms with Crippen LogP contribution in [0.3, 0.4) is 0 Å². The number of nitrogens with zero attached hydrogens (tertiary/aromatic N) is 1. The molecule has 1 heterocycles. The van der Waals surface area contributed by atoms with Crippen LogP contribution in [0.15, 0.2) is 5.16 Å². The number of aliphatic hydroxyl groups is 2. The largest absolute Gasteiger partial charge is 0.393 e. The Morgan fingerprint density at radius 2 is 1.83 bits per heavy atom. The van der Waals surface area contributed by atoms with Crippen LogP contribution in [-0.2, 0) is 4.84 Å². The van der Waals surface area contributed by atoms with E-state index in [4.69, 9.17) is 4.84 Å². The van der Waals surface area contributed by atoms with Gasteiger partial charge in [-0.15, -0.1) is 0 Å². The van der Waals surface area contributed by atoms with E-state index in [1.165, 1.54) is 32.1 Å². The van der Waals surface area contributed by atoms with E-state index < -0.39 is 6.29 Å². The second-order valence-electron chi connectivity index (χ2n) is 9.86. The lowest BCUT2D eigenvalue weighted by Crippen LogP contribution is -2.54. The maximum Gasteiger partial charge on any atom is 0.232 e. The van der Waals surface area contributed by atoms with Crippen molar-refractivity contribution in [2.75, 3.05) is 0 Å². The van der Waals surface area contributed by atoms with Gasteiger partial charge in [-0.3, -0.25) is 0 Å². The summed E-state index contributed by atoms with van der Waals surface area (Å²) in [6, 6.07) is 0. The van der Waals surface area contributed by atoms with Gasteiger partial charge in [0, 0.05) is 5.41 Å². The van der Waals surface area contributed by atoms with Crippen LogP contribution in [0, 0.1) is 40.4 Å². The van der Waals surface area contributed by atoms with Gasteiger partial charge < -0.3 is 15.1 Å². The predicted molar refractivity (Wildman–Crippen MR) is 91.1 cm³/mol. The third kappa shape index (κ3) is 1.85. The summed E-state index contributed by atoms with van der Waals surface area (Å²) < 4.78 is 0. The minimum absolute atomic E-state index is 0.0685. The molecule has 0 spiro atoms. The molecule has 24 heavy (non-hydrogen) atoms. The van der Waals surface area contributed by atoms with Gasteiger partial charge in [-0.05, 0) is 80.5 Å². The molecule has 0 aromatic heterocycles. The molecule has 0 unspecified atom stereocenters. The van der Waals surface area contributed by atoms with Gasteiger partial charge in [0.25, 0.3) is 0 Å². The zero-order valence-electron chi connectivity index (χ0n) is 14.9. The molecular weight excluding hydrogens is 302 g/mol. The van der Waals surface area contributed by atoms with Gasteiger partial charge in [0.05, 0.1) is 17.7 Å². The zero-order chi connectivity index (χ0) is 16.7. The highest BCUT2D eigenvalue weighted by Gasteiger charge is 2.63. The van der Waals surface area contributed by atoms with E-state index in [0.29, 0.717) is 17.3 Å². The average molecular weight is 333 g/mol. The van der Waals surface area contributed by atoms with Crippen molar-refractivity contribution < 1.29 is 15.1 Å². The number of aliphatic hydroxyl groups excluding tert-OH is 2. The third-order valence-corrected chi connectivity index (χ3v) is 9.08. The van der Waals surface area contributed by atoms with Gasteiger partial charge in [-0.1, -0.05) is 19.0 Å². The quantitative estimate of drug-likeness (QED) is 0.715. The van der Waals surface area contributed by atoms with Crippen molar-refractivity contribution in [2.24, 2.45) is 45.6 Å². The van der Waals surface area contributed by atoms with E-state index in [0.717, 1.165) is 36.8 Å². The standard InChI is InChI=1S/C20H31NO3/c1-19-7-5-12(22)9-11(19)3-4-13-15(19)6-8-20(2)16(13)10-14-17(20)21-24-18(14)23/h11-16,18,22-23H,3-10H2,1-2H3/t11-,12+,13+,14+,15-,16-,18-,19-,20-/m0/s1. The molecule has 0 saturated heterocycles. The monoisotopic (exact) mass is 333 g/mol. The molecule has 0 radical (unpaired) electrons. The maximum atomic E-state index is 10.2. The van der Waals surface area contributed by atoms with Crippen molar-refractivity contribution in [2.45, 2.75) is 77.6 Å². The molecule has 9 atom stereocenters. The number of oxime groups is 1. The molecule has 4 aliphatic carbocycles. The van der Waals surface area contributed by atoms with Crippen molar-refractivity contribution in [3.8, 4) is 0 Å². The summed E-state index contributed by atoms with van der Waals surface area (Å²) in [5.41, 5.74) is 1.71. The fourth-order valence-electron chi connectivity index (χ4n) is 7.72. The highest BCUT2D eigenvalue weighted by atomic mass is 16.7. The van der Waals surface area contributed by atoms with Gasteiger partial charge in [-0.25, -0.2) is 0 Å². The number of fused-ring (bicyclic) bond motifs is 7. The minimum Gasteiger partial charge on any atom is -0.393 e. The summed E-state index contributed by atoms with van der Waals surface area (Å²) in [6.45, 7) is 4.90. The second-order valence-corrected chi connectivity index (χ2v) is 9.86. The predicted octanol–water partition coefficient (Wildman–Crippen LogP) is 3.32. The Bertz CT molecular complexity index is 577. The molecular formula is C20H31NO3. The molecule has 4 heteroatoms. The molecule has 4 fully saturated rings. The van der Waals surface area contributed by atoms with E-state index in [1.807, 2.05) is 0 Å². The molecule has 0 amide bonds. The maximum absolute atomic E-state index is 10.2. The Hall–Kier alpha value is -0.610. The molecule has 1 aliphatic heterocycles. The summed E-state index contributed by atoms with van der Waals surface area (Å²) in [5, 5.41) is 24.6. The Balaban J connectivity index is 1.47. The van der Waals surface area contributed by atoms with Crippen molar-refractivity contribution >= 4 is 5.71 Å². The Labute approximate surface area is 144 Å². The molecule has 5 aliphatic rings. The molecule has 0 bridgehead atoms. The van der Waals surface area contributed by atoms with Crippen LogP contribution in [0.25, 0.3) is 0 Å². The first kappa shape index (κ1) is 15.6. The van der Waals surface area contributed by atoms with Crippen LogP contribution in [0.5, 0.6) is 0 Å². The first-order valence-electron chi connectivity index (χ1n) is 10.0. The second kappa shape index (κ2) is 4.97. The van der Waals surface area contributed by atoms with E-state index in [9.17, 15) is 10.2 Å². The molecule has 134 valence electrons.